The summed E-state index contributed by atoms with van der Waals surface area (Å²) in [6.07, 6.45) is 8.36. The van der Waals surface area contributed by atoms with E-state index in [0.717, 1.165) is 19.3 Å². The summed E-state index contributed by atoms with van der Waals surface area (Å²) in [7, 11) is 1.58. The van der Waals surface area contributed by atoms with Gasteiger partial charge in [-0.05, 0) is 18.8 Å². The fraction of sp³-hybridized carbons (Fsp3) is 0.900. The van der Waals surface area contributed by atoms with Crippen LogP contribution in [0.4, 0.5) is 0 Å². The first-order valence-electron chi connectivity index (χ1n) is 9.79. The molecule has 0 bridgehead atoms. The molecule has 0 spiro atoms. The molecule has 0 radical (unpaired) electrons. The molecule has 0 saturated heterocycles. The van der Waals surface area contributed by atoms with Crippen LogP contribution in [0.1, 0.15) is 78.6 Å². The molecule has 0 aliphatic heterocycles. The number of methoxy groups -OCH3 is 1. The van der Waals surface area contributed by atoms with Crippen LogP contribution in [-0.4, -0.2) is 38.9 Å². The molecule has 0 aliphatic rings. The van der Waals surface area contributed by atoms with E-state index in [1.165, 1.54) is 25.7 Å². The molecule has 25 heavy (non-hydrogen) atoms. The number of carbonyl (C=O) groups excluding carboxylic acids is 2. The van der Waals surface area contributed by atoms with Crippen LogP contribution in [0.3, 0.4) is 0 Å². The van der Waals surface area contributed by atoms with Crippen LogP contribution in [0.2, 0.25) is 0 Å². The van der Waals surface area contributed by atoms with Gasteiger partial charge in [-0.3, -0.25) is 9.59 Å². The molecule has 0 amide bonds. The largest absolute Gasteiger partial charge is 0.466 e. The van der Waals surface area contributed by atoms with Crippen LogP contribution in [0.15, 0.2) is 0 Å². The van der Waals surface area contributed by atoms with Gasteiger partial charge < -0.3 is 14.2 Å². The van der Waals surface area contributed by atoms with Crippen LogP contribution in [0, 0.1) is 11.8 Å². The number of carbonyl (C=O) groups is 2. The van der Waals surface area contributed by atoms with Gasteiger partial charge in [0.25, 0.3) is 0 Å². The fourth-order valence-corrected chi connectivity index (χ4v) is 2.44. The zero-order valence-corrected chi connectivity index (χ0v) is 16.7. The molecule has 1 unspecified atom stereocenters. The van der Waals surface area contributed by atoms with Crippen LogP contribution in [0.25, 0.3) is 0 Å². The molecule has 148 valence electrons. The van der Waals surface area contributed by atoms with Crippen molar-refractivity contribution in [3.8, 4) is 0 Å². The van der Waals surface area contributed by atoms with Gasteiger partial charge >= 0.3 is 11.9 Å². The first kappa shape index (κ1) is 23.9. The Morgan fingerprint density at radius 3 is 2.20 bits per heavy atom. The van der Waals surface area contributed by atoms with Crippen LogP contribution < -0.4 is 0 Å². The minimum atomic E-state index is -0.255. The molecule has 1 atom stereocenters. The smallest absolute Gasteiger partial charge is 0.306 e. The van der Waals surface area contributed by atoms with Gasteiger partial charge in [-0.1, -0.05) is 52.9 Å². The lowest BCUT2D eigenvalue weighted by molar-refractivity contribution is -0.151. The summed E-state index contributed by atoms with van der Waals surface area (Å²) in [6, 6.07) is 0. The number of unbranched alkanes of at least 4 members (excludes halogenated alkanes) is 5. The summed E-state index contributed by atoms with van der Waals surface area (Å²) in [5, 5.41) is 0. The Morgan fingerprint density at radius 1 is 0.880 bits per heavy atom. The number of hydrogen-bond acceptors (Lipinski definition) is 5. The summed E-state index contributed by atoms with van der Waals surface area (Å²) in [4.78, 5) is 23.6. The van der Waals surface area contributed by atoms with E-state index >= 15 is 0 Å². The van der Waals surface area contributed by atoms with Crippen molar-refractivity contribution >= 4 is 11.9 Å². The lowest BCUT2D eigenvalue weighted by Gasteiger charge is -2.16. The maximum Gasteiger partial charge on any atom is 0.306 e. The molecule has 0 aliphatic carbocycles. The highest BCUT2D eigenvalue weighted by Gasteiger charge is 2.17. The molecule has 0 fully saturated rings. The highest BCUT2D eigenvalue weighted by atomic mass is 16.5. The Balaban J connectivity index is 3.89. The monoisotopic (exact) mass is 358 g/mol. The molecule has 0 aromatic heterocycles. The Kier molecular flexibility index (Phi) is 15.7. The quantitative estimate of drug-likeness (QED) is 0.300. The maximum absolute atomic E-state index is 11.8. The molecule has 0 saturated carbocycles. The minimum Gasteiger partial charge on any atom is -0.466 e. The predicted octanol–water partition coefficient (Wildman–Crippen LogP) is 4.52. The first-order valence-corrected chi connectivity index (χ1v) is 9.79. The minimum absolute atomic E-state index is 0.148. The van der Waals surface area contributed by atoms with Crippen LogP contribution in [0.5, 0.6) is 0 Å². The summed E-state index contributed by atoms with van der Waals surface area (Å²) < 4.78 is 15.6. The van der Waals surface area contributed by atoms with E-state index < -0.39 is 0 Å². The molecular weight excluding hydrogens is 320 g/mol. The summed E-state index contributed by atoms with van der Waals surface area (Å²) in [6.45, 7) is 7.39. The lowest BCUT2D eigenvalue weighted by Crippen LogP contribution is -2.22. The molecule has 5 heteroatoms. The summed E-state index contributed by atoms with van der Waals surface area (Å²) in [5.41, 5.74) is 0. The average Bonchev–Trinajstić information content (AvgIpc) is 2.55. The highest BCUT2D eigenvalue weighted by molar-refractivity contribution is 5.70. The molecule has 0 aromatic carbocycles. The van der Waals surface area contributed by atoms with Crippen molar-refractivity contribution in [2.45, 2.75) is 78.6 Å². The number of hydrogen-bond donors (Lipinski definition) is 0. The Bertz CT molecular complexity index is 341. The zero-order valence-electron chi connectivity index (χ0n) is 16.7. The second-order valence-electron chi connectivity index (χ2n) is 7.13. The SMILES string of the molecule is CCCCCCCCC(=O)OCC(COC)CC(=O)OCCC(C)C. The van der Waals surface area contributed by atoms with E-state index in [2.05, 4.69) is 20.8 Å². The van der Waals surface area contributed by atoms with Gasteiger partial charge in [-0.15, -0.1) is 0 Å². The number of ether oxygens (including phenoxy) is 3. The third-order valence-electron chi connectivity index (χ3n) is 4.03. The predicted molar refractivity (Wildman–Crippen MR) is 99.3 cm³/mol. The molecule has 5 nitrogen and oxygen atoms in total. The molecule has 0 aromatic rings. The Morgan fingerprint density at radius 2 is 1.56 bits per heavy atom. The standard InChI is InChI=1S/C20H38O5/c1-5-6-7-8-9-10-11-19(21)25-16-18(15-23-4)14-20(22)24-13-12-17(2)3/h17-18H,5-16H2,1-4H3. The maximum atomic E-state index is 11.8. The van der Waals surface area contributed by atoms with Crippen LogP contribution >= 0.6 is 0 Å². The first-order chi connectivity index (χ1) is 12.0. The van der Waals surface area contributed by atoms with Gasteiger partial charge in [-0.2, -0.15) is 0 Å². The highest BCUT2D eigenvalue weighted by Crippen LogP contribution is 2.10. The number of rotatable bonds is 16. The Hall–Kier alpha value is -1.10. The van der Waals surface area contributed by atoms with Gasteiger partial charge in [0, 0.05) is 19.4 Å². The van der Waals surface area contributed by atoms with Crippen molar-refractivity contribution in [2.75, 3.05) is 26.9 Å². The van der Waals surface area contributed by atoms with Gasteiger partial charge in [-0.25, -0.2) is 0 Å². The third kappa shape index (κ3) is 16.1. The van der Waals surface area contributed by atoms with E-state index in [0.29, 0.717) is 25.6 Å². The normalized spacial score (nSPS) is 12.2. The van der Waals surface area contributed by atoms with Crippen molar-refractivity contribution in [2.24, 2.45) is 11.8 Å². The van der Waals surface area contributed by atoms with E-state index in [9.17, 15) is 9.59 Å². The van der Waals surface area contributed by atoms with Crippen LogP contribution in [-0.2, 0) is 23.8 Å². The fourth-order valence-electron chi connectivity index (χ4n) is 2.44. The van der Waals surface area contributed by atoms with Gasteiger partial charge in [0.2, 0.25) is 0 Å². The lowest BCUT2D eigenvalue weighted by atomic mass is 10.1. The molecule has 0 rings (SSSR count). The van der Waals surface area contributed by atoms with Gasteiger partial charge in [0.15, 0.2) is 0 Å². The number of esters is 2. The second-order valence-corrected chi connectivity index (χ2v) is 7.13. The second kappa shape index (κ2) is 16.4. The van der Waals surface area contributed by atoms with E-state index in [-0.39, 0.29) is 30.9 Å². The van der Waals surface area contributed by atoms with E-state index in [4.69, 9.17) is 14.2 Å². The summed E-state index contributed by atoms with van der Waals surface area (Å²) >= 11 is 0. The van der Waals surface area contributed by atoms with Crippen molar-refractivity contribution in [1.29, 1.82) is 0 Å². The van der Waals surface area contributed by atoms with Crippen molar-refractivity contribution in [1.82, 2.24) is 0 Å². The van der Waals surface area contributed by atoms with Crippen molar-refractivity contribution in [3.05, 3.63) is 0 Å². The molecular formula is C20H38O5. The third-order valence-corrected chi connectivity index (χ3v) is 4.03. The van der Waals surface area contributed by atoms with Gasteiger partial charge in [0.1, 0.15) is 0 Å². The van der Waals surface area contributed by atoms with Gasteiger partial charge in [0.05, 0.1) is 26.2 Å². The summed E-state index contributed by atoms with van der Waals surface area (Å²) in [5.74, 6) is -0.0880. The average molecular weight is 359 g/mol. The molecule has 0 N–H and O–H groups in total. The molecule has 0 heterocycles. The Labute approximate surface area is 153 Å². The van der Waals surface area contributed by atoms with Crippen molar-refractivity contribution in [3.63, 3.8) is 0 Å². The zero-order chi connectivity index (χ0) is 18.9. The van der Waals surface area contributed by atoms with E-state index in [1.54, 1.807) is 7.11 Å². The van der Waals surface area contributed by atoms with Crippen molar-refractivity contribution < 1.29 is 23.8 Å². The van der Waals surface area contributed by atoms with E-state index in [1.807, 2.05) is 0 Å². The topological polar surface area (TPSA) is 61.8 Å².